The standard InChI is InChI=1S/C17H23N3O2/c21-14-4-3-9-20(11-14)12-17(22)18-8-7-13-10-19-16-6-2-1-5-15(13)16/h1-2,5-6,10,14,19,21H,3-4,7-9,11-12H2,(H,18,22)/t14-/m1/s1. The van der Waals surface area contributed by atoms with Crippen LogP contribution in [0.3, 0.4) is 0 Å². The number of aromatic amines is 1. The van der Waals surface area contributed by atoms with E-state index in [-0.39, 0.29) is 12.0 Å². The predicted molar refractivity (Wildman–Crippen MR) is 86.7 cm³/mol. The Balaban J connectivity index is 1.45. The van der Waals surface area contributed by atoms with Crippen molar-refractivity contribution in [2.24, 2.45) is 0 Å². The van der Waals surface area contributed by atoms with Crippen molar-refractivity contribution in [2.45, 2.75) is 25.4 Å². The molecule has 0 radical (unpaired) electrons. The number of aliphatic hydroxyl groups is 1. The number of likely N-dealkylation sites (tertiary alicyclic amines) is 1. The van der Waals surface area contributed by atoms with Crippen LogP contribution in [0.25, 0.3) is 10.9 Å². The molecule has 5 nitrogen and oxygen atoms in total. The lowest BCUT2D eigenvalue weighted by atomic mass is 10.1. The molecule has 1 amide bonds. The predicted octanol–water partition coefficient (Wildman–Crippen LogP) is 1.28. The molecule has 0 aliphatic carbocycles. The number of carbonyl (C=O) groups excluding carboxylic acids is 1. The van der Waals surface area contributed by atoms with Crippen LogP contribution in [0.2, 0.25) is 0 Å². The van der Waals surface area contributed by atoms with Gasteiger partial charge in [0.1, 0.15) is 0 Å². The van der Waals surface area contributed by atoms with Crippen LogP contribution >= 0.6 is 0 Å². The van der Waals surface area contributed by atoms with Crippen LogP contribution in [0.4, 0.5) is 0 Å². The Bertz CT molecular complexity index is 638. The van der Waals surface area contributed by atoms with E-state index in [0.29, 0.717) is 19.6 Å². The lowest BCUT2D eigenvalue weighted by Gasteiger charge is -2.29. The van der Waals surface area contributed by atoms with E-state index in [0.717, 1.165) is 31.3 Å². The van der Waals surface area contributed by atoms with Gasteiger partial charge in [-0.25, -0.2) is 0 Å². The fourth-order valence-corrected chi connectivity index (χ4v) is 3.11. The second-order valence-corrected chi connectivity index (χ2v) is 5.99. The SMILES string of the molecule is O=C(CN1CCC[C@@H](O)C1)NCCc1c[nH]c2ccccc12. The average molecular weight is 301 g/mol. The third-order valence-corrected chi connectivity index (χ3v) is 4.24. The van der Waals surface area contributed by atoms with Crippen LogP contribution in [0.1, 0.15) is 18.4 Å². The average Bonchev–Trinajstić information content (AvgIpc) is 2.91. The van der Waals surface area contributed by atoms with Crippen molar-refractivity contribution in [1.82, 2.24) is 15.2 Å². The number of piperidine rings is 1. The van der Waals surface area contributed by atoms with E-state index < -0.39 is 0 Å². The van der Waals surface area contributed by atoms with Crippen molar-refractivity contribution in [3.63, 3.8) is 0 Å². The van der Waals surface area contributed by atoms with Gasteiger partial charge in [-0.3, -0.25) is 9.69 Å². The maximum absolute atomic E-state index is 12.0. The Labute approximate surface area is 130 Å². The molecule has 0 bridgehead atoms. The molecule has 118 valence electrons. The minimum absolute atomic E-state index is 0.0361. The molecule has 2 heterocycles. The number of hydrogen-bond donors (Lipinski definition) is 3. The highest BCUT2D eigenvalue weighted by atomic mass is 16.3. The molecule has 3 rings (SSSR count). The molecule has 2 aromatic rings. The number of carbonyl (C=O) groups is 1. The first-order valence-corrected chi connectivity index (χ1v) is 7.94. The van der Waals surface area contributed by atoms with Crippen LogP contribution in [0, 0.1) is 0 Å². The number of rotatable bonds is 5. The lowest BCUT2D eigenvalue weighted by molar-refractivity contribution is -0.122. The highest BCUT2D eigenvalue weighted by molar-refractivity contribution is 5.83. The molecule has 1 fully saturated rings. The number of fused-ring (bicyclic) bond motifs is 1. The number of para-hydroxylation sites is 1. The third kappa shape index (κ3) is 3.67. The summed E-state index contributed by atoms with van der Waals surface area (Å²) in [6.45, 7) is 2.52. The van der Waals surface area contributed by atoms with E-state index in [1.54, 1.807) is 0 Å². The number of amides is 1. The van der Waals surface area contributed by atoms with Gasteiger partial charge in [0.2, 0.25) is 5.91 Å². The second-order valence-electron chi connectivity index (χ2n) is 5.99. The highest BCUT2D eigenvalue weighted by Gasteiger charge is 2.19. The summed E-state index contributed by atoms with van der Waals surface area (Å²) in [5.74, 6) is 0.0361. The first-order chi connectivity index (χ1) is 10.7. The van der Waals surface area contributed by atoms with Crippen molar-refractivity contribution >= 4 is 16.8 Å². The van der Waals surface area contributed by atoms with Crippen LogP contribution in [0.5, 0.6) is 0 Å². The van der Waals surface area contributed by atoms with Gasteiger partial charge in [-0.15, -0.1) is 0 Å². The molecule has 0 saturated carbocycles. The molecule has 5 heteroatoms. The molecule has 3 N–H and O–H groups in total. The van der Waals surface area contributed by atoms with Gasteiger partial charge in [-0.1, -0.05) is 18.2 Å². The van der Waals surface area contributed by atoms with Crippen molar-refractivity contribution in [1.29, 1.82) is 0 Å². The zero-order valence-corrected chi connectivity index (χ0v) is 12.7. The minimum Gasteiger partial charge on any atom is -0.392 e. The van der Waals surface area contributed by atoms with Gasteiger partial charge in [0, 0.05) is 30.2 Å². The number of aliphatic hydroxyl groups excluding tert-OH is 1. The monoisotopic (exact) mass is 301 g/mol. The molecule has 1 aromatic carbocycles. The fraction of sp³-hybridized carbons (Fsp3) is 0.471. The summed E-state index contributed by atoms with van der Waals surface area (Å²) in [6.07, 6.45) is 4.35. The number of hydrogen-bond acceptors (Lipinski definition) is 3. The smallest absolute Gasteiger partial charge is 0.234 e. The van der Waals surface area contributed by atoms with Crippen molar-refractivity contribution in [3.8, 4) is 0 Å². The zero-order chi connectivity index (χ0) is 15.4. The fourth-order valence-electron chi connectivity index (χ4n) is 3.11. The summed E-state index contributed by atoms with van der Waals surface area (Å²) in [7, 11) is 0. The minimum atomic E-state index is -0.284. The maximum Gasteiger partial charge on any atom is 0.234 e. The van der Waals surface area contributed by atoms with Gasteiger partial charge >= 0.3 is 0 Å². The van der Waals surface area contributed by atoms with Crippen molar-refractivity contribution in [2.75, 3.05) is 26.2 Å². The summed E-state index contributed by atoms with van der Waals surface area (Å²) < 4.78 is 0. The molecule has 1 saturated heterocycles. The van der Waals surface area contributed by atoms with Gasteiger partial charge < -0.3 is 15.4 Å². The summed E-state index contributed by atoms with van der Waals surface area (Å²) in [6, 6.07) is 8.19. The number of H-pyrrole nitrogens is 1. The number of nitrogens with one attached hydrogen (secondary N) is 2. The molecule has 1 aliphatic heterocycles. The Kier molecular flexibility index (Phi) is 4.75. The molecular weight excluding hydrogens is 278 g/mol. The second kappa shape index (κ2) is 6.94. The first-order valence-electron chi connectivity index (χ1n) is 7.94. The summed E-state index contributed by atoms with van der Waals surface area (Å²) in [4.78, 5) is 17.2. The highest BCUT2D eigenvalue weighted by Crippen LogP contribution is 2.17. The Morgan fingerprint density at radius 1 is 1.41 bits per heavy atom. The van der Waals surface area contributed by atoms with E-state index in [4.69, 9.17) is 0 Å². The van der Waals surface area contributed by atoms with E-state index in [9.17, 15) is 9.90 Å². The molecule has 0 unspecified atom stereocenters. The van der Waals surface area contributed by atoms with Gasteiger partial charge in [0.05, 0.1) is 12.6 Å². The molecule has 22 heavy (non-hydrogen) atoms. The van der Waals surface area contributed by atoms with Crippen LogP contribution < -0.4 is 5.32 Å². The normalized spacial score (nSPS) is 19.4. The van der Waals surface area contributed by atoms with Gasteiger partial charge in [-0.2, -0.15) is 0 Å². The topological polar surface area (TPSA) is 68.4 Å². The maximum atomic E-state index is 12.0. The Morgan fingerprint density at radius 2 is 2.27 bits per heavy atom. The van der Waals surface area contributed by atoms with E-state index in [2.05, 4.69) is 22.4 Å². The molecular formula is C17H23N3O2. The molecule has 1 atom stereocenters. The summed E-state index contributed by atoms with van der Waals surface area (Å²) in [5.41, 5.74) is 2.36. The Morgan fingerprint density at radius 3 is 3.14 bits per heavy atom. The number of β-amino-alcohol motifs (C(OH)–C–C–N with tert-alkyl or cyclic N) is 1. The molecule has 0 spiro atoms. The molecule has 1 aromatic heterocycles. The quantitative estimate of drug-likeness (QED) is 0.779. The van der Waals surface area contributed by atoms with E-state index in [1.165, 1.54) is 10.9 Å². The zero-order valence-electron chi connectivity index (χ0n) is 12.7. The Hall–Kier alpha value is -1.85. The molecule has 1 aliphatic rings. The number of benzene rings is 1. The largest absolute Gasteiger partial charge is 0.392 e. The van der Waals surface area contributed by atoms with E-state index in [1.807, 2.05) is 23.2 Å². The first kappa shape index (κ1) is 15.1. The van der Waals surface area contributed by atoms with Crippen molar-refractivity contribution in [3.05, 3.63) is 36.0 Å². The third-order valence-electron chi connectivity index (χ3n) is 4.24. The van der Waals surface area contributed by atoms with E-state index >= 15 is 0 Å². The number of nitrogens with zero attached hydrogens (tertiary/aromatic N) is 1. The summed E-state index contributed by atoms with van der Waals surface area (Å²) >= 11 is 0. The lowest BCUT2D eigenvalue weighted by Crippen LogP contribution is -2.44. The summed E-state index contributed by atoms with van der Waals surface area (Å²) in [5, 5.41) is 13.8. The van der Waals surface area contributed by atoms with Gasteiger partial charge in [0.25, 0.3) is 0 Å². The number of aromatic nitrogens is 1. The van der Waals surface area contributed by atoms with Crippen LogP contribution in [-0.2, 0) is 11.2 Å². The van der Waals surface area contributed by atoms with Gasteiger partial charge in [-0.05, 0) is 37.4 Å². The van der Waals surface area contributed by atoms with Crippen LogP contribution in [-0.4, -0.2) is 53.2 Å². The van der Waals surface area contributed by atoms with Gasteiger partial charge in [0.15, 0.2) is 0 Å². The van der Waals surface area contributed by atoms with Crippen molar-refractivity contribution < 1.29 is 9.90 Å². The van der Waals surface area contributed by atoms with Crippen LogP contribution in [0.15, 0.2) is 30.5 Å².